The molecule has 70 valence electrons. The van der Waals surface area contributed by atoms with Crippen molar-refractivity contribution in [2.45, 2.75) is 25.3 Å². The van der Waals surface area contributed by atoms with Crippen LogP contribution in [0.1, 0.15) is 19.3 Å². The average molecular weight is 172 g/mol. The largest absolute Gasteiger partial charge is 0.396 e. The van der Waals surface area contributed by atoms with Crippen LogP contribution >= 0.6 is 0 Å². The van der Waals surface area contributed by atoms with Crippen molar-refractivity contribution in [1.29, 1.82) is 0 Å². The van der Waals surface area contributed by atoms with Crippen LogP contribution in [0.3, 0.4) is 0 Å². The third-order valence-corrected chi connectivity index (χ3v) is 1.79. The zero-order valence-electron chi connectivity index (χ0n) is 7.18. The lowest BCUT2D eigenvalue weighted by Gasteiger charge is -2.03. The van der Waals surface area contributed by atoms with Crippen molar-refractivity contribution in [2.24, 2.45) is 0 Å². The zero-order chi connectivity index (χ0) is 8.81. The SMILES string of the molecule is O=C(CNC1CC1)NCCCO. The molecule has 0 saturated heterocycles. The van der Waals surface area contributed by atoms with Gasteiger partial charge in [0.05, 0.1) is 6.54 Å². The molecular weight excluding hydrogens is 156 g/mol. The quantitative estimate of drug-likeness (QED) is 0.461. The highest BCUT2D eigenvalue weighted by atomic mass is 16.3. The van der Waals surface area contributed by atoms with Crippen molar-refractivity contribution < 1.29 is 9.90 Å². The number of carbonyl (C=O) groups is 1. The Balaban J connectivity index is 1.88. The fourth-order valence-electron chi connectivity index (χ4n) is 0.894. The minimum atomic E-state index is 0.0235. The molecule has 12 heavy (non-hydrogen) atoms. The van der Waals surface area contributed by atoms with E-state index in [-0.39, 0.29) is 12.5 Å². The first kappa shape index (κ1) is 9.48. The second-order valence-corrected chi connectivity index (χ2v) is 3.08. The van der Waals surface area contributed by atoms with Crippen molar-refractivity contribution in [3.05, 3.63) is 0 Å². The van der Waals surface area contributed by atoms with Gasteiger partial charge in [-0.1, -0.05) is 0 Å². The van der Waals surface area contributed by atoms with Crippen LogP contribution in [-0.4, -0.2) is 36.8 Å². The lowest BCUT2D eigenvalue weighted by atomic mass is 10.4. The highest BCUT2D eigenvalue weighted by molar-refractivity contribution is 5.77. The summed E-state index contributed by atoms with van der Waals surface area (Å²) in [6, 6.07) is 0.577. The fraction of sp³-hybridized carbons (Fsp3) is 0.875. The molecule has 3 N–H and O–H groups in total. The summed E-state index contributed by atoms with van der Waals surface area (Å²) in [6.07, 6.45) is 3.03. The second kappa shape index (κ2) is 5.11. The molecule has 0 heterocycles. The molecule has 1 amide bonds. The summed E-state index contributed by atoms with van der Waals surface area (Å²) in [6.45, 7) is 1.12. The van der Waals surface area contributed by atoms with Crippen LogP contribution in [0.5, 0.6) is 0 Å². The van der Waals surface area contributed by atoms with E-state index in [4.69, 9.17) is 5.11 Å². The number of aliphatic hydroxyl groups excluding tert-OH is 1. The molecule has 1 rings (SSSR count). The minimum Gasteiger partial charge on any atom is -0.396 e. The van der Waals surface area contributed by atoms with Crippen LogP contribution < -0.4 is 10.6 Å². The summed E-state index contributed by atoms with van der Waals surface area (Å²) in [4.78, 5) is 11.0. The Morgan fingerprint density at radius 1 is 1.50 bits per heavy atom. The van der Waals surface area contributed by atoms with E-state index in [9.17, 15) is 4.79 Å². The summed E-state index contributed by atoms with van der Waals surface area (Å²) < 4.78 is 0. The summed E-state index contributed by atoms with van der Waals surface area (Å²) in [5.41, 5.74) is 0. The van der Waals surface area contributed by atoms with Gasteiger partial charge in [-0.3, -0.25) is 4.79 Å². The summed E-state index contributed by atoms with van der Waals surface area (Å²) in [5, 5.41) is 14.3. The van der Waals surface area contributed by atoms with E-state index in [0.717, 1.165) is 0 Å². The number of carbonyl (C=O) groups excluding carboxylic acids is 1. The van der Waals surface area contributed by atoms with E-state index in [2.05, 4.69) is 10.6 Å². The van der Waals surface area contributed by atoms with Gasteiger partial charge in [0, 0.05) is 19.2 Å². The summed E-state index contributed by atoms with van der Waals surface area (Å²) in [5.74, 6) is 0.0235. The molecule has 0 spiro atoms. The molecule has 1 fully saturated rings. The van der Waals surface area contributed by atoms with Crippen LogP contribution in [0, 0.1) is 0 Å². The first-order chi connectivity index (χ1) is 5.83. The van der Waals surface area contributed by atoms with Gasteiger partial charge in [0.1, 0.15) is 0 Å². The lowest BCUT2D eigenvalue weighted by molar-refractivity contribution is -0.120. The topological polar surface area (TPSA) is 61.4 Å². The third kappa shape index (κ3) is 4.31. The molecule has 0 bridgehead atoms. The lowest BCUT2D eigenvalue weighted by Crippen LogP contribution is -2.35. The first-order valence-electron chi connectivity index (χ1n) is 4.44. The molecule has 1 saturated carbocycles. The Morgan fingerprint density at radius 3 is 2.83 bits per heavy atom. The fourth-order valence-corrected chi connectivity index (χ4v) is 0.894. The van der Waals surface area contributed by atoms with Gasteiger partial charge < -0.3 is 15.7 Å². The van der Waals surface area contributed by atoms with Crippen LogP contribution in [0.2, 0.25) is 0 Å². The van der Waals surface area contributed by atoms with Crippen molar-refractivity contribution in [1.82, 2.24) is 10.6 Å². The highest BCUT2D eigenvalue weighted by Crippen LogP contribution is 2.17. The van der Waals surface area contributed by atoms with Crippen LogP contribution in [-0.2, 0) is 4.79 Å². The standard InChI is InChI=1S/C8H16N2O2/c11-5-1-4-9-8(12)6-10-7-2-3-7/h7,10-11H,1-6H2,(H,9,12). The van der Waals surface area contributed by atoms with E-state index in [1.54, 1.807) is 0 Å². The Kier molecular flexibility index (Phi) is 4.04. The smallest absolute Gasteiger partial charge is 0.233 e. The summed E-state index contributed by atoms with van der Waals surface area (Å²) in [7, 11) is 0. The number of hydrogen-bond donors (Lipinski definition) is 3. The maximum Gasteiger partial charge on any atom is 0.233 e. The van der Waals surface area contributed by atoms with Crippen LogP contribution in [0.4, 0.5) is 0 Å². The van der Waals surface area contributed by atoms with E-state index < -0.39 is 0 Å². The molecule has 1 aliphatic rings. The predicted molar refractivity (Wildman–Crippen MR) is 45.7 cm³/mol. The Bertz CT molecular complexity index is 146. The second-order valence-electron chi connectivity index (χ2n) is 3.08. The molecule has 0 aliphatic heterocycles. The Labute approximate surface area is 72.3 Å². The molecule has 0 unspecified atom stereocenters. The minimum absolute atomic E-state index is 0.0235. The first-order valence-corrected chi connectivity index (χ1v) is 4.44. The Morgan fingerprint density at radius 2 is 2.25 bits per heavy atom. The van der Waals surface area contributed by atoms with Gasteiger partial charge in [-0.05, 0) is 19.3 Å². The van der Waals surface area contributed by atoms with Crippen molar-refractivity contribution in [3.63, 3.8) is 0 Å². The average Bonchev–Trinajstić information content (AvgIpc) is 2.84. The molecule has 0 aromatic heterocycles. The molecule has 0 radical (unpaired) electrons. The van der Waals surface area contributed by atoms with Gasteiger partial charge in [-0.2, -0.15) is 0 Å². The van der Waals surface area contributed by atoms with Gasteiger partial charge in [-0.15, -0.1) is 0 Å². The Hall–Kier alpha value is -0.610. The molecule has 4 nitrogen and oxygen atoms in total. The van der Waals surface area contributed by atoms with Gasteiger partial charge >= 0.3 is 0 Å². The number of hydrogen-bond acceptors (Lipinski definition) is 3. The van der Waals surface area contributed by atoms with Gasteiger partial charge in [0.2, 0.25) is 5.91 Å². The van der Waals surface area contributed by atoms with Gasteiger partial charge in [-0.25, -0.2) is 0 Å². The number of amides is 1. The molecule has 4 heteroatoms. The van der Waals surface area contributed by atoms with Gasteiger partial charge in [0.25, 0.3) is 0 Å². The molecule has 0 aromatic rings. The van der Waals surface area contributed by atoms with E-state index >= 15 is 0 Å². The highest BCUT2D eigenvalue weighted by Gasteiger charge is 2.20. The van der Waals surface area contributed by atoms with Crippen molar-refractivity contribution >= 4 is 5.91 Å². The molecule has 0 aromatic carbocycles. The number of rotatable bonds is 6. The predicted octanol–water partition coefficient (Wildman–Crippen LogP) is -0.763. The molecule has 0 atom stereocenters. The van der Waals surface area contributed by atoms with E-state index in [1.165, 1.54) is 12.8 Å². The maximum atomic E-state index is 11.0. The molecular formula is C8H16N2O2. The number of nitrogens with one attached hydrogen (secondary N) is 2. The van der Waals surface area contributed by atoms with Crippen molar-refractivity contribution in [3.8, 4) is 0 Å². The maximum absolute atomic E-state index is 11.0. The third-order valence-electron chi connectivity index (χ3n) is 1.79. The zero-order valence-corrected chi connectivity index (χ0v) is 7.18. The van der Waals surface area contributed by atoms with Crippen LogP contribution in [0.15, 0.2) is 0 Å². The normalized spacial score (nSPS) is 16.1. The number of aliphatic hydroxyl groups is 1. The summed E-state index contributed by atoms with van der Waals surface area (Å²) >= 11 is 0. The van der Waals surface area contributed by atoms with E-state index in [0.29, 0.717) is 25.6 Å². The van der Waals surface area contributed by atoms with E-state index in [1.807, 2.05) is 0 Å². The van der Waals surface area contributed by atoms with Crippen molar-refractivity contribution in [2.75, 3.05) is 19.7 Å². The monoisotopic (exact) mass is 172 g/mol. The molecule has 1 aliphatic carbocycles. The van der Waals surface area contributed by atoms with Crippen LogP contribution in [0.25, 0.3) is 0 Å². The van der Waals surface area contributed by atoms with Gasteiger partial charge in [0.15, 0.2) is 0 Å².